The van der Waals surface area contributed by atoms with Crippen LogP contribution in [0.5, 0.6) is 0 Å². The molecule has 0 aliphatic rings. The first kappa shape index (κ1) is 52.7. The van der Waals surface area contributed by atoms with Gasteiger partial charge in [0.1, 0.15) is 6.10 Å². The molecule has 0 spiro atoms. The summed E-state index contributed by atoms with van der Waals surface area (Å²) in [4.78, 5) is 27.8. The van der Waals surface area contributed by atoms with Crippen LogP contribution in [-0.4, -0.2) is 67.7 Å². The summed E-state index contributed by atoms with van der Waals surface area (Å²) in [6.07, 6.45) is 36.8. The lowest BCUT2D eigenvalue weighted by Crippen LogP contribution is -2.31. The molecule has 0 aromatic rings. The SMILES string of the molecule is CCCCCCCCCCOC(=O)OCCCCCN(CCCCO)CCCCCCC(C)(C)C(=O)OC(CCCCCCCC)CCCCCCCC. The van der Waals surface area contributed by atoms with Crippen LogP contribution in [0.1, 0.15) is 240 Å². The van der Waals surface area contributed by atoms with Crippen LogP contribution in [0.2, 0.25) is 0 Å². The van der Waals surface area contributed by atoms with Crippen molar-refractivity contribution < 1.29 is 28.9 Å². The zero-order chi connectivity index (χ0) is 39.8. The summed E-state index contributed by atoms with van der Waals surface area (Å²) < 4.78 is 16.8. The Morgan fingerprint density at radius 1 is 0.500 bits per heavy atom. The maximum Gasteiger partial charge on any atom is 0.508 e. The molecular weight excluding hydrogens is 675 g/mol. The van der Waals surface area contributed by atoms with Crippen LogP contribution < -0.4 is 0 Å². The topological polar surface area (TPSA) is 85.3 Å². The first-order valence-corrected chi connectivity index (χ1v) is 23.6. The molecule has 7 nitrogen and oxygen atoms in total. The zero-order valence-electron chi connectivity index (χ0n) is 36.9. The monoisotopic (exact) mass is 768 g/mol. The van der Waals surface area contributed by atoms with E-state index in [1.807, 2.05) is 0 Å². The van der Waals surface area contributed by atoms with E-state index in [4.69, 9.17) is 14.2 Å². The fraction of sp³-hybridized carbons (Fsp3) is 0.957. The number of rotatable bonds is 42. The summed E-state index contributed by atoms with van der Waals surface area (Å²) in [6, 6.07) is 0. The third-order valence-corrected chi connectivity index (χ3v) is 11.1. The number of hydrogen-bond acceptors (Lipinski definition) is 7. The fourth-order valence-electron chi connectivity index (χ4n) is 7.22. The summed E-state index contributed by atoms with van der Waals surface area (Å²) in [5.74, 6) is 0.000573. The number of hydrogen-bond donors (Lipinski definition) is 1. The summed E-state index contributed by atoms with van der Waals surface area (Å²) in [7, 11) is 0. The predicted octanol–water partition coefficient (Wildman–Crippen LogP) is 13.9. The third kappa shape index (κ3) is 35.1. The molecule has 0 bridgehead atoms. The van der Waals surface area contributed by atoms with Gasteiger partial charge in [-0.2, -0.15) is 0 Å². The Morgan fingerprint density at radius 3 is 1.33 bits per heavy atom. The van der Waals surface area contributed by atoms with E-state index in [2.05, 4.69) is 39.5 Å². The van der Waals surface area contributed by atoms with Crippen LogP contribution in [-0.2, 0) is 19.0 Å². The van der Waals surface area contributed by atoms with Crippen molar-refractivity contribution in [3.63, 3.8) is 0 Å². The van der Waals surface area contributed by atoms with Gasteiger partial charge in [-0.3, -0.25) is 4.79 Å². The molecule has 0 fully saturated rings. The van der Waals surface area contributed by atoms with Gasteiger partial charge in [-0.25, -0.2) is 4.79 Å². The number of aliphatic hydroxyl groups excluding tert-OH is 1. The molecule has 0 radical (unpaired) electrons. The Labute approximate surface area is 336 Å². The number of carbonyl (C=O) groups is 2. The molecule has 322 valence electrons. The first-order valence-electron chi connectivity index (χ1n) is 23.6. The van der Waals surface area contributed by atoms with E-state index in [1.165, 1.54) is 116 Å². The lowest BCUT2D eigenvalue weighted by Gasteiger charge is -2.27. The molecule has 0 unspecified atom stereocenters. The Kier molecular flexibility index (Phi) is 38.9. The van der Waals surface area contributed by atoms with Crippen LogP contribution >= 0.6 is 0 Å². The Bertz CT molecular complexity index is 789. The van der Waals surface area contributed by atoms with Crippen molar-refractivity contribution in [2.24, 2.45) is 5.41 Å². The standard InChI is InChI=1S/C47H93NO6/c1-6-9-12-15-18-19-24-33-42-52-46(51)53-43-34-25-30-39-48(40-31-32-41-49)38-29-23-22-28-37-47(4,5)45(50)54-44(35-26-20-16-13-10-7-2)36-27-21-17-14-11-8-3/h44,49H,6-43H2,1-5H3. The highest BCUT2D eigenvalue weighted by atomic mass is 16.7. The van der Waals surface area contributed by atoms with Crippen LogP contribution in [0, 0.1) is 5.41 Å². The van der Waals surface area contributed by atoms with Gasteiger partial charge in [0.2, 0.25) is 0 Å². The largest absolute Gasteiger partial charge is 0.508 e. The average Bonchev–Trinajstić information content (AvgIpc) is 3.15. The predicted molar refractivity (Wildman–Crippen MR) is 229 cm³/mol. The second kappa shape index (κ2) is 39.9. The fourth-order valence-corrected chi connectivity index (χ4v) is 7.22. The number of esters is 1. The molecule has 0 saturated heterocycles. The van der Waals surface area contributed by atoms with E-state index >= 15 is 0 Å². The van der Waals surface area contributed by atoms with Crippen LogP contribution in [0.15, 0.2) is 0 Å². The minimum atomic E-state index is -0.528. The maximum absolute atomic E-state index is 13.4. The quantitative estimate of drug-likeness (QED) is 0.0489. The normalized spacial score (nSPS) is 11.9. The molecule has 0 aliphatic carbocycles. The minimum absolute atomic E-state index is 0.000573. The number of carbonyl (C=O) groups excluding carboxylic acids is 2. The molecule has 0 aromatic heterocycles. The van der Waals surface area contributed by atoms with Gasteiger partial charge in [-0.1, -0.05) is 149 Å². The van der Waals surface area contributed by atoms with E-state index in [1.54, 1.807) is 0 Å². The summed E-state index contributed by atoms with van der Waals surface area (Å²) in [6.45, 7) is 15.2. The Balaban J connectivity index is 4.34. The van der Waals surface area contributed by atoms with Gasteiger partial charge in [-0.05, 0) is 111 Å². The smallest absolute Gasteiger partial charge is 0.462 e. The zero-order valence-corrected chi connectivity index (χ0v) is 36.9. The van der Waals surface area contributed by atoms with Gasteiger partial charge in [-0.15, -0.1) is 0 Å². The summed E-state index contributed by atoms with van der Waals surface area (Å²) in [5, 5.41) is 9.30. The van der Waals surface area contributed by atoms with E-state index in [0.717, 1.165) is 110 Å². The van der Waals surface area contributed by atoms with Crippen molar-refractivity contribution in [1.29, 1.82) is 0 Å². The van der Waals surface area contributed by atoms with Crippen molar-refractivity contribution in [2.45, 2.75) is 246 Å². The highest BCUT2D eigenvalue weighted by Crippen LogP contribution is 2.28. The molecule has 7 heteroatoms. The minimum Gasteiger partial charge on any atom is -0.462 e. The first-order chi connectivity index (χ1) is 26.3. The van der Waals surface area contributed by atoms with E-state index in [9.17, 15) is 14.7 Å². The van der Waals surface area contributed by atoms with E-state index < -0.39 is 11.6 Å². The third-order valence-electron chi connectivity index (χ3n) is 11.1. The Hall–Kier alpha value is -1.34. The summed E-state index contributed by atoms with van der Waals surface area (Å²) >= 11 is 0. The second-order valence-electron chi connectivity index (χ2n) is 16.9. The lowest BCUT2D eigenvalue weighted by atomic mass is 9.86. The average molecular weight is 768 g/mol. The van der Waals surface area contributed by atoms with Crippen molar-refractivity contribution >= 4 is 12.1 Å². The second-order valence-corrected chi connectivity index (χ2v) is 16.9. The van der Waals surface area contributed by atoms with Gasteiger partial charge in [0.25, 0.3) is 0 Å². The van der Waals surface area contributed by atoms with Gasteiger partial charge in [0.15, 0.2) is 0 Å². The number of aliphatic hydroxyl groups is 1. The van der Waals surface area contributed by atoms with Crippen LogP contribution in [0.25, 0.3) is 0 Å². The molecule has 0 aliphatic heterocycles. The molecule has 1 N–H and O–H groups in total. The van der Waals surface area contributed by atoms with Crippen molar-refractivity contribution in [3.05, 3.63) is 0 Å². The molecule has 0 rings (SSSR count). The molecule has 0 atom stereocenters. The van der Waals surface area contributed by atoms with Crippen molar-refractivity contribution in [2.75, 3.05) is 39.5 Å². The van der Waals surface area contributed by atoms with E-state index in [-0.39, 0.29) is 18.7 Å². The molecule has 0 amide bonds. The highest BCUT2D eigenvalue weighted by Gasteiger charge is 2.30. The van der Waals surface area contributed by atoms with Crippen molar-refractivity contribution in [3.8, 4) is 0 Å². The maximum atomic E-state index is 13.4. The van der Waals surface area contributed by atoms with Gasteiger partial charge >= 0.3 is 12.1 Å². The Morgan fingerprint density at radius 2 is 0.870 bits per heavy atom. The molecule has 0 aromatic carbocycles. The molecule has 0 saturated carbocycles. The number of ether oxygens (including phenoxy) is 3. The van der Waals surface area contributed by atoms with Gasteiger partial charge < -0.3 is 24.2 Å². The number of unbranched alkanes of at least 4 members (excludes halogenated alkanes) is 23. The van der Waals surface area contributed by atoms with Crippen LogP contribution in [0.4, 0.5) is 4.79 Å². The van der Waals surface area contributed by atoms with Gasteiger partial charge in [0.05, 0.1) is 18.6 Å². The highest BCUT2D eigenvalue weighted by molar-refractivity contribution is 5.76. The van der Waals surface area contributed by atoms with Crippen molar-refractivity contribution in [1.82, 2.24) is 4.90 Å². The molecule has 54 heavy (non-hydrogen) atoms. The van der Waals surface area contributed by atoms with E-state index in [0.29, 0.717) is 13.2 Å². The number of nitrogens with zero attached hydrogens (tertiary/aromatic N) is 1. The lowest BCUT2D eigenvalue weighted by molar-refractivity contribution is -0.161. The molecular formula is C47H93NO6. The summed E-state index contributed by atoms with van der Waals surface area (Å²) in [5.41, 5.74) is -0.440. The van der Waals surface area contributed by atoms with Crippen LogP contribution in [0.3, 0.4) is 0 Å². The van der Waals surface area contributed by atoms with Gasteiger partial charge in [0, 0.05) is 6.61 Å². The molecule has 0 heterocycles.